The second-order valence-electron chi connectivity index (χ2n) is 10.1. The zero-order valence-corrected chi connectivity index (χ0v) is 20.4. The van der Waals surface area contributed by atoms with E-state index < -0.39 is 0 Å². The normalized spacial score (nSPS) is 19.3. The molecule has 0 amide bonds. The summed E-state index contributed by atoms with van der Waals surface area (Å²) < 4.78 is 0. The molecule has 2 aliphatic rings. The number of halogens is 1. The average molecular weight is 475 g/mol. The Balaban J connectivity index is 1.30. The second-order valence-corrected chi connectivity index (χ2v) is 10.5. The van der Waals surface area contributed by atoms with E-state index in [0.717, 1.165) is 30.8 Å². The molecule has 7 rings (SSSR count). The molecule has 1 N–H and O–H groups in total. The highest BCUT2D eigenvalue weighted by molar-refractivity contribution is 6.31. The monoisotopic (exact) mass is 474 g/mol. The van der Waals surface area contributed by atoms with Crippen LogP contribution in [-0.2, 0) is 19.3 Å². The van der Waals surface area contributed by atoms with Crippen molar-refractivity contribution in [2.24, 2.45) is 4.99 Å². The smallest absolute Gasteiger partial charge is 0.0827 e. The van der Waals surface area contributed by atoms with Gasteiger partial charge >= 0.3 is 0 Å². The molecular formula is C32H27ClN2. The Bertz CT molecular complexity index is 1630. The summed E-state index contributed by atoms with van der Waals surface area (Å²) in [5.41, 5.74) is 6.06. The van der Waals surface area contributed by atoms with Crippen LogP contribution in [0.25, 0.3) is 32.3 Å². The van der Waals surface area contributed by atoms with Crippen LogP contribution in [0.15, 0.2) is 83.9 Å². The van der Waals surface area contributed by atoms with Crippen molar-refractivity contribution in [1.82, 2.24) is 5.32 Å². The molecule has 5 aromatic rings. The topological polar surface area (TPSA) is 24.4 Å². The lowest BCUT2D eigenvalue weighted by Gasteiger charge is -2.29. The summed E-state index contributed by atoms with van der Waals surface area (Å²) in [5, 5.41) is 12.2. The highest BCUT2D eigenvalue weighted by Gasteiger charge is 2.26. The quantitative estimate of drug-likeness (QED) is 0.267. The largest absolute Gasteiger partial charge is 0.372 e. The summed E-state index contributed by atoms with van der Waals surface area (Å²) in [6.07, 6.45) is 6.30. The van der Waals surface area contributed by atoms with E-state index in [2.05, 4.69) is 83.1 Å². The molecule has 1 heterocycles. The molecular weight excluding hydrogens is 448 g/mol. The minimum absolute atomic E-state index is 0.390. The first-order chi connectivity index (χ1) is 17.2. The number of aliphatic imine (C=N–C) groups is 1. The minimum atomic E-state index is 0.390. The van der Waals surface area contributed by atoms with Crippen LogP contribution in [-0.4, -0.2) is 18.9 Å². The van der Waals surface area contributed by atoms with Crippen LogP contribution in [0, 0.1) is 0 Å². The molecule has 0 bridgehead atoms. The van der Waals surface area contributed by atoms with Crippen molar-refractivity contribution < 1.29 is 0 Å². The van der Waals surface area contributed by atoms with Gasteiger partial charge in [0.25, 0.3) is 0 Å². The first-order valence-corrected chi connectivity index (χ1v) is 13.0. The third-order valence-corrected chi connectivity index (χ3v) is 8.33. The maximum Gasteiger partial charge on any atom is 0.0827 e. The van der Waals surface area contributed by atoms with Gasteiger partial charge < -0.3 is 5.32 Å². The Morgan fingerprint density at radius 2 is 1.69 bits per heavy atom. The number of aryl methyl sites for hydroxylation is 1. The van der Waals surface area contributed by atoms with Crippen molar-refractivity contribution >= 4 is 50.3 Å². The van der Waals surface area contributed by atoms with Crippen molar-refractivity contribution in [3.63, 3.8) is 0 Å². The molecule has 0 spiro atoms. The lowest BCUT2D eigenvalue weighted by atomic mass is 9.76. The molecule has 0 saturated carbocycles. The van der Waals surface area contributed by atoms with Gasteiger partial charge in [0, 0.05) is 5.02 Å². The van der Waals surface area contributed by atoms with Gasteiger partial charge in [0.05, 0.1) is 18.9 Å². The fourth-order valence-electron chi connectivity index (χ4n) is 6.39. The Labute approximate surface area is 210 Å². The van der Waals surface area contributed by atoms with Gasteiger partial charge in [-0.15, -0.1) is 0 Å². The van der Waals surface area contributed by atoms with Crippen molar-refractivity contribution in [1.29, 1.82) is 0 Å². The predicted molar refractivity (Wildman–Crippen MR) is 149 cm³/mol. The maximum absolute atomic E-state index is 6.25. The highest BCUT2D eigenvalue weighted by Crippen LogP contribution is 2.40. The molecule has 0 aromatic heterocycles. The maximum atomic E-state index is 6.25. The van der Waals surface area contributed by atoms with Gasteiger partial charge in [-0.1, -0.05) is 78.3 Å². The van der Waals surface area contributed by atoms with E-state index in [1.807, 2.05) is 12.4 Å². The third kappa shape index (κ3) is 3.59. The molecule has 2 atom stereocenters. The first kappa shape index (κ1) is 21.0. The van der Waals surface area contributed by atoms with Crippen LogP contribution in [0.1, 0.15) is 34.6 Å². The van der Waals surface area contributed by atoms with E-state index >= 15 is 0 Å². The molecule has 0 radical (unpaired) electrons. The van der Waals surface area contributed by atoms with E-state index in [0.29, 0.717) is 12.0 Å². The Kier molecular flexibility index (Phi) is 5.03. The van der Waals surface area contributed by atoms with Crippen molar-refractivity contribution in [2.45, 2.75) is 37.6 Å². The zero-order chi connectivity index (χ0) is 23.4. The third-order valence-electron chi connectivity index (χ3n) is 8.09. The summed E-state index contributed by atoms with van der Waals surface area (Å²) in [4.78, 5) is 4.42. The highest BCUT2D eigenvalue weighted by atomic mass is 35.5. The summed E-state index contributed by atoms with van der Waals surface area (Å²) >= 11 is 6.25. The van der Waals surface area contributed by atoms with E-state index in [1.165, 1.54) is 61.0 Å². The zero-order valence-electron chi connectivity index (χ0n) is 19.6. The number of benzene rings is 5. The van der Waals surface area contributed by atoms with Gasteiger partial charge in [-0.05, 0) is 98.3 Å². The second kappa shape index (κ2) is 8.39. The standard InChI is InChI=1S/C32H27ClN2/c33-24-9-14-28-23(16-24)8-13-30-27-11-6-22(15-21(27)7-12-31(28)30)29-10-5-20-3-1-2-4-26(20)32(29)17-25-18-34-19-35-25/h1-5,7-10,12-14,16,19,22,25H,6,11,15,17-18H2,(H,34,35). The fraction of sp³-hybridized carbons (Fsp3) is 0.219. The lowest BCUT2D eigenvalue weighted by Crippen LogP contribution is -2.28. The van der Waals surface area contributed by atoms with Crippen LogP contribution >= 0.6 is 11.6 Å². The Morgan fingerprint density at radius 3 is 2.60 bits per heavy atom. The number of hydrogen-bond acceptors (Lipinski definition) is 2. The Hall–Kier alpha value is -3.36. The molecule has 2 nitrogen and oxygen atoms in total. The van der Waals surface area contributed by atoms with Crippen LogP contribution in [0.3, 0.4) is 0 Å². The first-order valence-electron chi connectivity index (χ1n) is 12.6. The molecule has 1 aliphatic carbocycles. The average Bonchev–Trinajstić information content (AvgIpc) is 3.41. The molecule has 5 aromatic carbocycles. The van der Waals surface area contributed by atoms with E-state index in [-0.39, 0.29) is 0 Å². The summed E-state index contributed by atoms with van der Waals surface area (Å²) in [6, 6.07) is 29.4. The fourth-order valence-corrected chi connectivity index (χ4v) is 6.57. The summed E-state index contributed by atoms with van der Waals surface area (Å²) in [5.74, 6) is 0.543. The van der Waals surface area contributed by atoms with Gasteiger partial charge in [0.15, 0.2) is 0 Å². The SMILES string of the molecule is Clc1ccc2c(ccc3c4c(ccc32)CC(c2ccc3ccccc3c2CC2CN=CN2)CC4)c1. The number of nitrogens with zero attached hydrogens (tertiary/aromatic N) is 1. The molecule has 0 fully saturated rings. The minimum Gasteiger partial charge on any atom is -0.372 e. The van der Waals surface area contributed by atoms with Gasteiger partial charge in [-0.2, -0.15) is 0 Å². The van der Waals surface area contributed by atoms with Crippen LogP contribution in [0.4, 0.5) is 0 Å². The van der Waals surface area contributed by atoms with Crippen molar-refractivity contribution in [3.05, 3.63) is 106 Å². The number of nitrogens with one attached hydrogen (secondary N) is 1. The van der Waals surface area contributed by atoms with E-state index in [1.54, 1.807) is 0 Å². The van der Waals surface area contributed by atoms with Gasteiger partial charge in [0.1, 0.15) is 0 Å². The van der Waals surface area contributed by atoms with Crippen molar-refractivity contribution in [3.8, 4) is 0 Å². The molecule has 1 aliphatic heterocycles. The Morgan fingerprint density at radius 1 is 0.829 bits per heavy atom. The predicted octanol–water partition coefficient (Wildman–Crippen LogP) is 7.61. The number of rotatable bonds is 3. The van der Waals surface area contributed by atoms with E-state index in [4.69, 9.17) is 11.6 Å². The lowest BCUT2D eigenvalue weighted by molar-refractivity contribution is 0.576. The molecule has 0 saturated heterocycles. The van der Waals surface area contributed by atoms with Crippen LogP contribution in [0.5, 0.6) is 0 Å². The number of fused-ring (bicyclic) bond motifs is 6. The van der Waals surface area contributed by atoms with Crippen LogP contribution < -0.4 is 5.32 Å². The summed E-state index contributed by atoms with van der Waals surface area (Å²) in [6.45, 7) is 0.862. The van der Waals surface area contributed by atoms with Gasteiger partial charge in [-0.3, -0.25) is 4.99 Å². The number of hydrogen-bond donors (Lipinski definition) is 1. The van der Waals surface area contributed by atoms with Crippen molar-refractivity contribution in [2.75, 3.05) is 6.54 Å². The van der Waals surface area contributed by atoms with Crippen LogP contribution in [0.2, 0.25) is 5.02 Å². The summed E-state index contributed by atoms with van der Waals surface area (Å²) in [7, 11) is 0. The van der Waals surface area contributed by atoms with E-state index in [9.17, 15) is 0 Å². The van der Waals surface area contributed by atoms with Gasteiger partial charge in [-0.25, -0.2) is 0 Å². The molecule has 3 heteroatoms. The molecule has 35 heavy (non-hydrogen) atoms. The van der Waals surface area contributed by atoms with Gasteiger partial charge in [0.2, 0.25) is 0 Å². The molecule has 172 valence electrons. The molecule has 2 unspecified atom stereocenters.